The van der Waals surface area contributed by atoms with E-state index < -0.39 is 22.6 Å². The second-order valence-electron chi connectivity index (χ2n) is 8.68. The number of nitrogens with one attached hydrogen (secondary N) is 1. The van der Waals surface area contributed by atoms with Crippen molar-refractivity contribution in [3.8, 4) is 5.75 Å². The number of carbonyl (C=O) groups excluding carboxylic acids is 3. The van der Waals surface area contributed by atoms with Crippen LogP contribution in [0.2, 0.25) is 0 Å². The van der Waals surface area contributed by atoms with E-state index in [9.17, 15) is 22.8 Å². The van der Waals surface area contributed by atoms with Crippen molar-refractivity contribution in [1.29, 1.82) is 0 Å². The van der Waals surface area contributed by atoms with Crippen molar-refractivity contribution in [2.24, 2.45) is 0 Å². The normalized spacial score (nSPS) is 17.6. The number of morpholine rings is 1. The minimum Gasteiger partial charge on any atom is -0.482 e. The average molecular weight is 534 g/mol. The molecule has 0 saturated carbocycles. The molecule has 0 aromatic heterocycles. The zero-order valence-electron chi connectivity index (χ0n) is 21.2. The zero-order valence-corrected chi connectivity index (χ0v) is 22.0. The maximum absolute atomic E-state index is 13.0. The van der Waals surface area contributed by atoms with Crippen LogP contribution in [-0.4, -0.2) is 76.7 Å². The van der Waals surface area contributed by atoms with Gasteiger partial charge in [-0.1, -0.05) is 0 Å². The Labute approximate surface area is 216 Å². The summed E-state index contributed by atoms with van der Waals surface area (Å²) in [6.07, 6.45) is -0.168. The van der Waals surface area contributed by atoms with Gasteiger partial charge in [0.1, 0.15) is 5.75 Å². The molecule has 0 bridgehead atoms. The Hall–Kier alpha value is -3.64. The first-order valence-electron chi connectivity index (χ1n) is 11.6. The van der Waals surface area contributed by atoms with E-state index in [-0.39, 0.29) is 35.5 Å². The van der Waals surface area contributed by atoms with Crippen LogP contribution in [0, 0.1) is 0 Å². The highest BCUT2D eigenvalue weighted by atomic mass is 32.2. The standard InChI is InChI=1S/C25H31N3O8S/c1-17-13-28(14-18(2)36-17)24(30)15-35-25(31)16-34-22-9-7-21(8-10-22)27(4)37(32,33)23-11-5-20(6-12-23)26-19(3)29/h5-12,17-18H,13-16H2,1-4H3,(H,26,29)/t17-,18-/m0/s1. The lowest BCUT2D eigenvalue weighted by atomic mass is 10.2. The number of benzene rings is 2. The lowest BCUT2D eigenvalue weighted by Gasteiger charge is -2.35. The van der Waals surface area contributed by atoms with Crippen LogP contribution >= 0.6 is 0 Å². The van der Waals surface area contributed by atoms with Gasteiger partial charge in [-0.3, -0.25) is 13.9 Å². The number of esters is 1. The van der Waals surface area contributed by atoms with Gasteiger partial charge in [0.2, 0.25) is 5.91 Å². The largest absolute Gasteiger partial charge is 0.482 e. The Morgan fingerprint density at radius 3 is 2.16 bits per heavy atom. The number of nitrogens with zero attached hydrogens (tertiary/aromatic N) is 2. The van der Waals surface area contributed by atoms with Crippen LogP contribution in [0.1, 0.15) is 20.8 Å². The third-order valence-electron chi connectivity index (χ3n) is 5.52. The summed E-state index contributed by atoms with van der Waals surface area (Å²) in [4.78, 5) is 37.1. The molecule has 1 heterocycles. The zero-order chi connectivity index (χ0) is 27.2. The van der Waals surface area contributed by atoms with Crippen molar-refractivity contribution in [3.63, 3.8) is 0 Å². The number of amides is 2. The maximum atomic E-state index is 13.0. The summed E-state index contributed by atoms with van der Waals surface area (Å²) >= 11 is 0. The van der Waals surface area contributed by atoms with Crippen LogP contribution in [0.4, 0.5) is 11.4 Å². The fraction of sp³-hybridized carbons (Fsp3) is 0.400. The molecular weight excluding hydrogens is 502 g/mol. The van der Waals surface area contributed by atoms with E-state index in [2.05, 4.69) is 5.32 Å². The topological polar surface area (TPSA) is 132 Å². The van der Waals surface area contributed by atoms with Gasteiger partial charge in [-0.05, 0) is 62.4 Å². The van der Waals surface area contributed by atoms with Gasteiger partial charge in [0.15, 0.2) is 13.2 Å². The Kier molecular flexibility index (Phi) is 9.11. The molecule has 3 rings (SSSR count). The average Bonchev–Trinajstić information content (AvgIpc) is 2.85. The van der Waals surface area contributed by atoms with E-state index in [0.717, 1.165) is 4.31 Å². The molecule has 2 atom stereocenters. The van der Waals surface area contributed by atoms with E-state index in [0.29, 0.717) is 30.2 Å². The number of sulfonamides is 1. The summed E-state index contributed by atoms with van der Waals surface area (Å²) in [5.41, 5.74) is 0.865. The van der Waals surface area contributed by atoms with Crippen LogP contribution in [0.3, 0.4) is 0 Å². The minimum atomic E-state index is -3.85. The van der Waals surface area contributed by atoms with Crippen LogP contribution in [0.15, 0.2) is 53.4 Å². The molecule has 1 aliphatic heterocycles. The van der Waals surface area contributed by atoms with Gasteiger partial charge in [0.05, 0.1) is 22.8 Å². The Morgan fingerprint density at radius 2 is 1.59 bits per heavy atom. The molecule has 1 aliphatic rings. The van der Waals surface area contributed by atoms with E-state index in [1.54, 1.807) is 4.90 Å². The summed E-state index contributed by atoms with van der Waals surface area (Å²) in [5, 5.41) is 2.58. The molecule has 1 saturated heterocycles. The van der Waals surface area contributed by atoms with Crippen molar-refractivity contribution >= 4 is 39.2 Å². The van der Waals surface area contributed by atoms with Crippen molar-refractivity contribution in [2.75, 3.05) is 43.0 Å². The predicted octanol–water partition coefficient (Wildman–Crippen LogP) is 2.03. The number of hydrogen-bond acceptors (Lipinski definition) is 8. The third-order valence-corrected chi connectivity index (χ3v) is 7.32. The summed E-state index contributed by atoms with van der Waals surface area (Å²) < 4.78 is 43.0. The third kappa shape index (κ3) is 7.67. The molecule has 2 amide bonds. The van der Waals surface area contributed by atoms with Gasteiger partial charge >= 0.3 is 5.97 Å². The van der Waals surface area contributed by atoms with Crippen LogP contribution < -0.4 is 14.4 Å². The number of ether oxygens (including phenoxy) is 3. The van der Waals surface area contributed by atoms with Crippen LogP contribution in [0.5, 0.6) is 5.75 Å². The van der Waals surface area contributed by atoms with Gasteiger partial charge in [0.25, 0.3) is 15.9 Å². The maximum Gasteiger partial charge on any atom is 0.344 e. The van der Waals surface area contributed by atoms with Crippen molar-refractivity contribution in [1.82, 2.24) is 4.90 Å². The highest BCUT2D eigenvalue weighted by Crippen LogP contribution is 2.25. The van der Waals surface area contributed by atoms with Gasteiger partial charge in [0, 0.05) is 32.7 Å². The molecule has 12 heteroatoms. The van der Waals surface area contributed by atoms with Crippen LogP contribution in [-0.2, 0) is 33.9 Å². The molecule has 0 unspecified atom stereocenters. The highest BCUT2D eigenvalue weighted by Gasteiger charge is 2.26. The van der Waals surface area contributed by atoms with E-state index in [1.165, 1.54) is 62.5 Å². The molecule has 37 heavy (non-hydrogen) atoms. The predicted molar refractivity (Wildman–Crippen MR) is 136 cm³/mol. The molecule has 0 radical (unpaired) electrons. The summed E-state index contributed by atoms with van der Waals surface area (Å²) in [7, 11) is -2.43. The molecule has 11 nitrogen and oxygen atoms in total. The second kappa shape index (κ2) is 12.1. The molecule has 0 aliphatic carbocycles. The monoisotopic (exact) mass is 533 g/mol. The number of carbonyl (C=O) groups is 3. The molecular formula is C25H31N3O8S. The van der Waals surface area contributed by atoms with Gasteiger partial charge in [-0.2, -0.15) is 0 Å². The lowest BCUT2D eigenvalue weighted by molar-refractivity contribution is -0.158. The number of anilines is 2. The summed E-state index contributed by atoms with van der Waals surface area (Å²) in [6.45, 7) is 5.21. The Morgan fingerprint density at radius 1 is 1.00 bits per heavy atom. The lowest BCUT2D eigenvalue weighted by Crippen LogP contribution is -2.49. The summed E-state index contributed by atoms with van der Waals surface area (Å²) in [5.74, 6) is -0.926. The van der Waals surface area contributed by atoms with Gasteiger partial charge in [-0.15, -0.1) is 0 Å². The minimum absolute atomic E-state index is 0.0581. The fourth-order valence-electron chi connectivity index (χ4n) is 3.76. The SMILES string of the molecule is CC(=O)Nc1ccc(S(=O)(=O)N(C)c2ccc(OCC(=O)OCC(=O)N3C[C@H](C)O[C@@H](C)C3)cc2)cc1. The van der Waals surface area contributed by atoms with Crippen molar-refractivity contribution < 1.29 is 37.0 Å². The van der Waals surface area contributed by atoms with E-state index in [1.807, 2.05) is 13.8 Å². The van der Waals surface area contributed by atoms with Crippen LogP contribution in [0.25, 0.3) is 0 Å². The fourth-order valence-corrected chi connectivity index (χ4v) is 4.96. The van der Waals surface area contributed by atoms with E-state index >= 15 is 0 Å². The molecule has 1 N–H and O–H groups in total. The smallest absolute Gasteiger partial charge is 0.344 e. The molecule has 200 valence electrons. The van der Waals surface area contributed by atoms with E-state index in [4.69, 9.17) is 14.2 Å². The molecule has 1 fully saturated rings. The molecule has 0 spiro atoms. The molecule has 2 aromatic rings. The first kappa shape index (κ1) is 27.9. The number of hydrogen-bond donors (Lipinski definition) is 1. The first-order valence-corrected chi connectivity index (χ1v) is 13.1. The van der Waals surface area contributed by atoms with Gasteiger partial charge < -0.3 is 24.4 Å². The summed E-state index contributed by atoms with van der Waals surface area (Å²) in [6, 6.07) is 12.0. The number of rotatable bonds is 9. The Bertz CT molecular complexity index is 1210. The first-order chi connectivity index (χ1) is 17.5. The van der Waals surface area contributed by atoms with Crippen molar-refractivity contribution in [2.45, 2.75) is 37.9 Å². The molecule has 2 aromatic carbocycles. The second-order valence-corrected chi connectivity index (χ2v) is 10.6. The van der Waals surface area contributed by atoms with Crippen molar-refractivity contribution in [3.05, 3.63) is 48.5 Å². The highest BCUT2D eigenvalue weighted by molar-refractivity contribution is 7.92. The Balaban J connectivity index is 1.50. The van der Waals surface area contributed by atoms with Gasteiger partial charge in [-0.25, -0.2) is 13.2 Å². The quantitative estimate of drug-likeness (QED) is 0.485.